The Hall–Kier alpha value is -2.78. The normalized spacial score (nSPS) is 12.2. The van der Waals surface area contributed by atoms with Crippen LogP contribution in [0.25, 0.3) is 0 Å². The lowest BCUT2D eigenvalue weighted by Crippen LogP contribution is -2.53. The number of sulfonamides is 1. The summed E-state index contributed by atoms with van der Waals surface area (Å²) in [6.07, 6.45) is 0.318. The van der Waals surface area contributed by atoms with E-state index in [-0.39, 0.29) is 29.1 Å². The Morgan fingerprint density at radius 3 is 2.00 bits per heavy atom. The molecule has 0 aromatic heterocycles. The maximum absolute atomic E-state index is 14.0. The zero-order valence-corrected chi connectivity index (χ0v) is 24.9. The first kappa shape index (κ1) is 30.8. The van der Waals surface area contributed by atoms with Gasteiger partial charge in [0, 0.05) is 27.7 Å². The molecule has 1 unspecified atom stereocenters. The lowest BCUT2D eigenvalue weighted by Gasteiger charge is -2.33. The van der Waals surface area contributed by atoms with Gasteiger partial charge in [-0.1, -0.05) is 59.9 Å². The molecule has 0 bridgehead atoms. The Labute approximate surface area is 244 Å². The quantitative estimate of drug-likeness (QED) is 0.281. The first-order valence-corrected chi connectivity index (χ1v) is 14.9. The second-order valence-corrected chi connectivity index (χ2v) is 12.4. The zero-order chi connectivity index (χ0) is 28.7. The number of nitrogens with zero attached hydrogens (tertiary/aromatic N) is 2. The van der Waals surface area contributed by atoms with Crippen molar-refractivity contribution in [2.45, 2.75) is 50.7 Å². The molecule has 0 aliphatic carbocycles. The maximum atomic E-state index is 14.0. The third-order valence-electron chi connectivity index (χ3n) is 5.86. The smallest absolute Gasteiger partial charge is 0.264 e. The van der Waals surface area contributed by atoms with E-state index in [1.807, 2.05) is 13.8 Å². The molecule has 11 heteroatoms. The monoisotopic (exact) mass is 609 g/mol. The third kappa shape index (κ3) is 8.11. The molecule has 0 radical (unpaired) electrons. The molecule has 0 fully saturated rings. The summed E-state index contributed by atoms with van der Waals surface area (Å²) >= 11 is 18.2. The van der Waals surface area contributed by atoms with E-state index >= 15 is 0 Å². The van der Waals surface area contributed by atoms with E-state index in [4.69, 9.17) is 34.8 Å². The molecule has 1 N–H and O–H groups in total. The van der Waals surface area contributed by atoms with Crippen LogP contribution in [-0.4, -0.2) is 43.8 Å². The summed E-state index contributed by atoms with van der Waals surface area (Å²) in [5.74, 6) is -0.891. The molecular formula is C28H30Cl3N3O4S. The molecule has 39 heavy (non-hydrogen) atoms. The first-order valence-electron chi connectivity index (χ1n) is 12.3. The maximum Gasteiger partial charge on any atom is 0.264 e. The predicted octanol–water partition coefficient (Wildman–Crippen LogP) is 6.17. The van der Waals surface area contributed by atoms with Crippen molar-refractivity contribution < 1.29 is 18.0 Å². The van der Waals surface area contributed by atoms with Gasteiger partial charge in [0.2, 0.25) is 11.8 Å². The minimum atomic E-state index is -4.22. The molecule has 0 spiro atoms. The Morgan fingerprint density at radius 2 is 1.46 bits per heavy atom. The van der Waals surface area contributed by atoms with Crippen LogP contribution in [0.1, 0.15) is 32.8 Å². The molecule has 0 saturated heterocycles. The first-order chi connectivity index (χ1) is 18.4. The number of anilines is 1. The fraction of sp³-hybridized carbons (Fsp3) is 0.286. The number of hydrogen-bond donors (Lipinski definition) is 1. The summed E-state index contributed by atoms with van der Waals surface area (Å²) in [5.41, 5.74) is 0.940. The molecule has 0 saturated carbocycles. The highest BCUT2D eigenvalue weighted by atomic mass is 35.5. The number of hydrogen-bond acceptors (Lipinski definition) is 4. The number of benzene rings is 3. The van der Waals surface area contributed by atoms with E-state index in [0.717, 1.165) is 9.87 Å². The summed E-state index contributed by atoms with van der Waals surface area (Å²) in [4.78, 5) is 28.5. The van der Waals surface area contributed by atoms with E-state index in [1.165, 1.54) is 35.2 Å². The molecule has 208 valence electrons. The molecule has 3 rings (SSSR count). The molecule has 2 amide bonds. The van der Waals surface area contributed by atoms with Crippen LogP contribution >= 0.6 is 34.8 Å². The molecule has 3 aromatic carbocycles. The van der Waals surface area contributed by atoms with E-state index in [9.17, 15) is 18.0 Å². The Bertz CT molecular complexity index is 1400. The summed E-state index contributed by atoms with van der Waals surface area (Å²) in [5, 5.41) is 4.07. The SMILES string of the molecule is CCC(C(=O)NC(C)C)N(Cc1ccc(Cl)cc1)C(=O)CN(c1cccc(Cl)c1)S(=O)(=O)c1ccc(Cl)cc1. The average Bonchev–Trinajstić information content (AvgIpc) is 2.88. The Balaban J connectivity index is 2.06. The van der Waals surface area contributed by atoms with E-state index in [2.05, 4.69) is 5.32 Å². The summed E-state index contributed by atoms with van der Waals surface area (Å²) < 4.78 is 28.6. The predicted molar refractivity (Wildman–Crippen MR) is 157 cm³/mol. The van der Waals surface area contributed by atoms with Crippen molar-refractivity contribution in [2.24, 2.45) is 0 Å². The van der Waals surface area contributed by atoms with Gasteiger partial charge in [-0.25, -0.2) is 8.42 Å². The fourth-order valence-electron chi connectivity index (χ4n) is 3.98. The summed E-state index contributed by atoms with van der Waals surface area (Å²) in [7, 11) is -4.22. The molecular weight excluding hydrogens is 581 g/mol. The number of halogens is 3. The lowest BCUT2D eigenvalue weighted by molar-refractivity contribution is -0.140. The minimum absolute atomic E-state index is 0.0477. The van der Waals surface area contributed by atoms with Crippen molar-refractivity contribution in [3.05, 3.63) is 93.4 Å². The van der Waals surface area contributed by atoms with E-state index in [1.54, 1.807) is 49.4 Å². The third-order valence-corrected chi connectivity index (χ3v) is 8.39. The van der Waals surface area contributed by atoms with Crippen LogP contribution in [-0.2, 0) is 26.2 Å². The molecule has 0 aliphatic heterocycles. The Kier molecular flexibility index (Phi) is 10.7. The largest absolute Gasteiger partial charge is 0.352 e. The van der Waals surface area contributed by atoms with Gasteiger partial charge in [-0.2, -0.15) is 0 Å². The number of amides is 2. The molecule has 7 nitrogen and oxygen atoms in total. The van der Waals surface area contributed by atoms with Crippen molar-refractivity contribution in [1.29, 1.82) is 0 Å². The van der Waals surface area contributed by atoms with Gasteiger partial charge < -0.3 is 10.2 Å². The lowest BCUT2D eigenvalue weighted by atomic mass is 10.1. The number of rotatable bonds is 11. The zero-order valence-electron chi connectivity index (χ0n) is 21.8. The molecule has 0 heterocycles. The highest BCUT2D eigenvalue weighted by Crippen LogP contribution is 2.28. The van der Waals surface area contributed by atoms with Crippen LogP contribution in [0.4, 0.5) is 5.69 Å². The number of nitrogens with one attached hydrogen (secondary N) is 1. The molecule has 0 aliphatic rings. The minimum Gasteiger partial charge on any atom is -0.352 e. The van der Waals surface area contributed by atoms with Gasteiger partial charge in [0.15, 0.2) is 0 Å². The van der Waals surface area contributed by atoms with Crippen molar-refractivity contribution >= 4 is 62.3 Å². The number of carbonyl (C=O) groups is 2. The van der Waals surface area contributed by atoms with Crippen molar-refractivity contribution in [1.82, 2.24) is 10.2 Å². The second-order valence-electron chi connectivity index (χ2n) is 9.18. The number of carbonyl (C=O) groups excluding carboxylic acids is 2. The van der Waals surface area contributed by atoms with Crippen LogP contribution in [0, 0.1) is 0 Å². The van der Waals surface area contributed by atoms with Crippen LogP contribution in [0.2, 0.25) is 15.1 Å². The van der Waals surface area contributed by atoms with Gasteiger partial charge in [0.25, 0.3) is 10.0 Å². The van der Waals surface area contributed by atoms with E-state index in [0.29, 0.717) is 21.5 Å². The summed E-state index contributed by atoms with van der Waals surface area (Å²) in [6.45, 7) is 4.96. The van der Waals surface area contributed by atoms with Gasteiger partial charge in [-0.3, -0.25) is 13.9 Å². The van der Waals surface area contributed by atoms with Gasteiger partial charge in [-0.15, -0.1) is 0 Å². The second kappa shape index (κ2) is 13.5. The highest BCUT2D eigenvalue weighted by molar-refractivity contribution is 7.92. The van der Waals surface area contributed by atoms with Gasteiger partial charge in [0.1, 0.15) is 12.6 Å². The topological polar surface area (TPSA) is 86.8 Å². The molecule has 1 atom stereocenters. The van der Waals surface area contributed by atoms with Gasteiger partial charge in [-0.05, 0) is 80.4 Å². The van der Waals surface area contributed by atoms with Crippen LogP contribution in [0.3, 0.4) is 0 Å². The highest BCUT2D eigenvalue weighted by Gasteiger charge is 2.34. The average molecular weight is 611 g/mol. The van der Waals surface area contributed by atoms with Crippen LogP contribution in [0.15, 0.2) is 77.7 Å². The van der Waals surface area contributed by atoms with Crippen molar-refractivity contribution in [3.63, 3.8) is 0 Å². The van der Waals surface area contributed by atoms with Gasteiger partial charge in [0.05, 0.1) is 10.6 Å². The standard InChI is InChI=1S/C28H30Cl3N3O4S/c1-4-26(28(36)32-19(2)3)33(17-20-8-10-21(29)11-9-20)27(35)18-34(24-7-5-6-23(31)16-24)39(37,38)25-14-12-22(30)13-15-25/h5-16,19,26H,4,17-18H2,1-3H3,(H,32,36). The summed E-state index contributed by atoms with van der Waals surface area (Å²) in [6, 6.07) is 17.8. The molecule has 3 aromatic rings. The van der Waals surface area contributed by atoms with Gasteiger partial charge >= 0.3 is 0 Å². The van der Waals surface area contributed by atoms with Crippen molar-refractivity contribution in [2.75, 3.05) is 10.8 Å². The van der Waals surface area contributed by atoms with E-state index < -0.39 is 28.5 Å². The van der Waals surface area contributed by atoms with Crippen LogP contribution < -0.4 is 9.62 Å². The van der Waals surface area contributed by atoms with Crippen LogP contribution in [0.5, 0.6) is 0 Å². The van der Waals surface area contributed by atoms with Crippen molar-refractivity contribution in [3.8, 4) is 0 Å². The Morgan fingerprint density at radius 1 is 0.872 bits per heavy atom. The fourth-order valence-corrected chi connectivity index (χ4v) is 5.82.